The molecule has 150 valence electrons. The number of benzene rings is 3. The SMILES string of the molecule is Nc1c(Cl)cc(NC(=O)c2cccc(CN3C(=O)c4ccccc4C3=O)c2)cc1Cl. The summed E-state index contributed by atoms with van der Waals surface area (Å²) in [6.45, 7) is 0.0625. The molecule has 0 fully saturated rings. The summed E-state index contributed by atoms with van der Waals surface area (Å²) < 4.78 is 0. The van der Waals surface area contributed by atoms with E-state index in [1.165, 1.54) is 17.0 Å². The summed E-state index contributed by atoms with van der Waals surface area (Å²) in [5.74, 6) is -1.09. The van der Waals surface area contributed by atoms with E-state index in [2.05, 4.69) is 5.32 Å². The Hall–Kier alpha value is -3.35. The first-order valence-electron chi connectivity index (χ1n) is 8.95. The van der Waals surface area contributed by atoms with Gasteiger partial charge in [-0.15, -0.1) is 0 Å². The van der Waals surface area contributed by atoms with Gasteiger partial charge in [0.1, 0.15) is 0 Å². The highest BCUT2D eigenvalue weighted by atomic mass is 35.5. The zero-order valence-corrected chi connectivity index (χ0v) is 17.0. The average molecular weight is 440 g/mol. The van der Waals surface area contributed by atoms with Crippen LogP contribution in [-0.4, -0.2) is 22.6 Å². The van der Waals surface area contributed by atoms with Crippen LogP contribution in [0.3, 0.4) is 0 Å². The lowest BCUT2D eigenvalue weighted by Crippen LogP contribution is -2.29. The Labute approximate surface area is 182 Å². The molecule has 3 aromatic carbocycles. The van der Waals surface area contributed by atoms with Crippen LogP contribution in [0.1, 0.15) is 36.6 Å². The number of imide groups is 1. The first-order valence-corrected chi connectivity index (χ1v) is 9.71. The zero-order chi connectivity index (χ0) is 21.4. The molecule has 0 saturated carbocycles. The van der Waals surface area contributed by atoms with Crippen LogP contribution in [-0.2, 0) is 6.54 Å². The summed E-state index contributed by atoms with van der Waals surface area (Å²) in [5.41, 5.74) is 8.11. The highest BCUT2D eigenvalue weighted by Gasteiger charge is 2.34. The molecule has 30 heavy (non-hydrogen) atoms. The highest BCUT2D eigenvalue weighted by molar-refractivity contribution is 6.39. The average Bonchev–Trinajstić information content (AvgIpc) is 2.97. The van der Waals surface area contributed by atoms with E-state index in [0.29, 0.717) is 27.9 Å². The van der Waals surface area contributed by atoms with Gasteiger partial charge in [0.15, 0.2) is 0 Å². The number of hydrogen-bond donors (Lipinski definition) is 2. The third-order valence-electron chi connectivity index (χ3n) is 4.74. The normalized spacial score (nSPS) is 12.8. The van der Waals surface area contributed by atoms with Crippen molar-refractivity contribution in [3.05, 3.63) is 93.0 Å². The summed E-state index contributed by atoms with van der Waals surface area (Å²) >= 11 is 12.0. The number of nitrogens with one attached hydrogen (secondary N) is 1. The number of anilines is 2. The molecular formula is C22H15Cl2N3O3. The van der Waals surface area contributed by atoms with E-state index in [4.69, 9.17) is 28.9 Å². The lowest BCUT2D eigenvalue weighted by atomic mass is 10.1. The van der Waals surface area contributed by atoms with Crippen molar-refractivity contribution >= 4 is 52.3 Å². The molecule has 4 rings (SSSR count). The molecule has 3 aromatic rings. The summed E-state index contributed by atoms with van der Waals surface area (Å²) in [5, 5.41) is 3.18. The minimum atomic E-state index is -0.392. The molecule has 1 heterocycles. The van der Waals surface area contributed by atoms with Crippen molar-refractivity contribution in [2.24, 2.45) is 0 Å². The molecule has 0 aromatic heterocycles. The van der Waals surface area contributed by atoms with Gasteiger partial charge in [-0.05, 0) is 42.0 Å². The number of carbonyl (C=O) groups is 3. The molecule has 0 saturated heterocycles. The fourth-order valence-corrected chi connectivity index (χ4v) is 3.72. The van der Waals surface area contributed by atoms with E-state index in [0.717, 1.165) is 0 Å². The summed E-state index contributed by atoms with van der Waals surface area (Å²) in [4.78, 5) is 38.9. The molecule has 0 aliphatic carbocycles. The van der Waals surface area contributed by atoms with Gasteiger partial charge in [0, 0.05) is 11.3 Å². The van der Waals surface area contributed by atoms with Crippen LogP contribution in [0.5, 0.6) is 0 Å². The maximum Gasteiger partial charge on any atom is 0.261 e. The van der Waals surface area contributed by atoms with Gasteiger partial charge in [0.2, 0.25) is 0 Å². The van der Waals surface area contributed by atoms with Gasteiger partial charge < -0.3 is 11.1 Å². The smallest absolute Gasteiger partial charge is 0.261 e. The van der Waals surface area contributed by atoms with Crippen LogP contribution in [0.2, 0.25) is 10.0 Å². The Bertz CT molecular complexity index is 1150. The summed E-state index contributed by atoms with van der Waals surface area (Å²) in [7, 11) is 0. The van der Waals surface area contributed by atoms with Gasteiger partial charge in [-0.2, -0.15) is 0 Å². The van der Waals surface area contributed by atoms with Crippen molar-refractivity contribution in [1.29, 1.82) is 0 Å². The first-order chi connectivity index (χ1) is 14.3. The van der Waals surface area contributed by atoms with Crippen LogP contribution in [0.15, 0.2) is 60.7 Å². The maximum absolute atomic E-state index is 12.6. The van der Waals surface area contributed by atoms with Crippen LogP contribution >= 0.6 is 23.2 Å². The Morgan fingerprint density at radius 1 is 0.900 bits per heavy atom. The molecule has 3 amide bonds. The maximum atomic E-state index is 12.6. The highest BCUT2D eigenvalue weighted by Crippen LogP contribution is 2.31. The lowest BCUT2D eigenvalue weighted by molar-refractivity contribution is 0.0642. The van der Waals surface area contributed by atoms with E-state index in [-0.39, 0.29) is 34.1 Å². The zero-order valence-electron chi connectivity index (χ0n) is 15.5. The second kappa shape index (κ2) is 7.82. The molecule has 0 radical (unpaired) electrons. The quantitative estimate of drug-likeness (QED) is 0.457. The third kappa shape index (κ3) is 3.63. The van der Waals surface area contributed by atoms with Gasteiger partial charge in [0.05, 0.1) is 33.4 Å². The second-order valence-corrected chi connectivity index (χ2v) is 7.56. The van der Waals surface area contributed by atoms with Crippen LogP contribution < -0.4 is 11.1 Å². The number of amides is 3. The second-order valence-electron chi connectivity index (χ2n) is 6.75. The molecule has 0 spiro atoms. The molecule has 3 N–H and O–H groups in total. The standard InChI is InChI=1S/C22H15Cl2N3O3/c23-17-9-14(10-18(24)19(17)25)26-20(28)13-5-3-4-12(8-13)11-27-21(29)15-6-1-2-7-16(15)22(27)30/h1-10H,11,25H2,(H,26,28). The Morgan fingerprint density at radius 2 is 1.50 bits per heavy atom. The van der Waals surface area contributed by atoms with Crippen molar-refractivity contribution in [2.45, 2.75) is 6.54 Å². The number of rotatable bonds is 4. The number of halogens is 2. The van der Waals surface area contributed by atoms with Crippen molar-refractivity contribution in [3.63, 3.8) is 0 Å². The fraction of sp³-hybridized carbons (Fsp3) is 0.0455. The molecule has 0 atom stereocenters. The predicted octanol–water partition coefficient (Wildman–Crippen LogP) is 4.62. The molecular weight excluding hydrogens is 425 g/mol. The number of nitrogen functional groups attached to an aromatic ring is 1. The van der Waals surface area contributed by atoms with Crippen molar-refractivity contribution in [3.8, 4) is 0 Å². The van der Waals surface area contributed by atoms with Crippen molar-refractivity contribution in [2.75, 3.05) is 11.1 Å². The van der Waals surface area contributed by atoms with E-state index in [9.17, 15) is 14.4 Å². The minimum absolute atomic E-state index is 0.0625. The molecule has 1 aliphatic heterocycles. The van der Waals surface area contributed by atoms with Crippen molar-refractivity contribution < 1.29 is 14.4 Å². The predicted molar refractivity (Wildman–Crippen MR) is 116 cm³/mol. The third-order valence-corrected chi connectivity index (χ3v) is 5.37. The van der Waals surface area contributed by atoms with Crippen LogP contribution in [0.4, 0.5) is 11.4 Å². The molecule has 0 unspecified atom stereocenters. The van der Waals surface area contributed by atoms with Gasteiger partial charge >= 0.3 is 0 Å². The number of carbonyl (C=O) groups excluding carboxylic acids is 3. The number of nitrogens with two attached hydrogens (primary N) is 1. The van der Waals surface area contributed by atoms with E-state index in [1.807, 2.05) is 0 Å². The number of nitrogens with zero attached hydrogens (tertiary/aromatic N) is 1. The van der Waals surface area contributed by atoms with Crippen LogP contribution in [0.25, 0.3) is 0 Å². The summed E-state index contributed by atoms with van der Waals surface area (Å²) in [6, 6.07) is 16.4. The number of fused-ring (bicyclic) bond motifs is 1. The minimum Gasteiger partial charge on any atom is -0.396 e. The Balaban J connectivity index is 1.53. The molecule has 1 aliphatic rings. The van der Waals surface area contributed by atoms with Gasteiger partial charge in [-0.1, -0.05) is 47.5 Å². The van der Waals surface area contributed by atoms with E-state index >= 15 is 0 Å². The summed E-state index contributed by atoms with van der Waals surface area (Å²) in [6.07, 6.45) is 0. The Morgan fingerprint density at radius 3 is 2.10 bits per heavy atom. The lowest BCUT2D eigenvalue weighted by Gasteiger charge is -2.15. The van der Waals surface area contributed by atoms with Crippen molar-refractivity contribution in [1.82, 2.24) is 4.90 Å². The van der Waals surface area contributed by atoms with Gasteiger partial charge in [0.25, 0.3) is 17.7 Å². The fourth-order valence-electron chi connectivity index (χ4n) is 3.24. The molecule has 0 bridgehead atoms. The van der Waals surface area contributed by atoms with Gasteiger partial charge in [-0.25, -0.2) is 0 Å². The number of hydrogen-bond acceptors (Lipinski definition) is 4. The van der Waals surface area contributed by atoms with Crippen LogP contribution in [0, 0.1) is 0 Å². The topological polar surface area (TPSA) is 92.5 Å². The van der Waals surface area contributed by atoms with E-state index in [1.54, 1.807) is 48.5 Å². The monoisotopic (exact) mass is 439 g/mol. The largest absolute Gasteiger partial charge is 0.396 e. The molecule has 6 nitrogen and oxygen atoms in total. The van der Waals surface area contributed by atoms with E-state index < -0.39 is 5.91 Å². The first kappa shape index (κ1) is 19.9. The van der Waals surface area contributed by atoms with Gasteiger partial charge in [-0.3, -0.25) is 19.3 Å². The molecule has 8 heteroatoms. The Kier molecular flexibility index (Phi) is 5.20.